The monoisotopic (exact) mass is 410 g/mol. The average Bonchev–Trinajstić information content (AvgIpc) is 3.13. The van der Waals surface area contributed by atoms with Gasteiger partial charge in [-0.25, -0.2) is 4.68 Å². The van der Waals surface area contributed by atoms with E-state index in [1.54, 1.807) is 47.1 Å². The zero-order chi connectivity index (χ0) is 21.1. The number of hydrogen-bond acceptors (Lipinski definition) is 3. The Morgan fingerprint density at radius 3 is 2.55 bits per heavy atom. The van der Waals surface area contributed by atoms with Crippen LogP contribution < -0.4 is 5.73 Å². The number of amides is 2. The third kappa shape index (κ3) is 4.49. The van der Waals surface area contributed by atoms with Crippen LogP contribution in [0.5, 0.6) is 0 Å². The second kappa shape index (κ2) is 8.49. The predicted octanol–water partition coefficient (Wildman–Crippen LogP) is 4.02. The van der Waals surface area contributed by atoms with Crippen molar-refractivity contribution in [2.75, 3.05) is 7.05 Å². The van der Waals surface area contributed by atoms with Crippen LogP contribution >= 0.6 is 11.6 Å². The van der Waals surface area contributed by atoms with Gasteiger partial charge in [0.05, 0.1) is 23.1 Å². The van der Waals surface area contributed by atoms with Crippen LogP contribution in [0.25, 0.3) is 5.69 Å². The van der Waals surface area contributed by atoms with Crippen molar-refractivity contribution in [1.29, 1.82) is 0 Å². The van der Waals surface area contributed by atoms with Crippen molar-refractivity contribution in [3.05, 3.63) is 82.1 Å². The Hall–Kier alpha value is -3.12. The Morgan fingerprint density at radius 2 is 1.90 bits per heavy atom. The Bertz CT molecular complexity index is 1060. The second-order valence-corrected chi connectivity index (χ2v) is 7.65. The topological polar surface area (TPSA) is 81.2 Å². The third-order valence-corrected chi connectivity index (χ3v) is 4.85. The summed E-state index contributed by atoms with van der Waals surface area (Å²) in [6.45, 7) is 4.39. The maximum Gasteiger partial charge on any atom is 0.257 e. The van der Waals surface area contributed by atoms with E-state index >= 15 is 0 Å². The molecule has 0 radical (unpaired) electrons. The number of rotatable bonds is 6. The van der Waals surface area contributed by atoms with Crippen LogP contribution in [0.15, 0.2) is 54.7 Å². The minimum Gasteiger partial charge on any atom is -0.366 e. The lowest BCUT2D eigenvalue weighted by Gasteiger charge is -2.19. The normalized spacial score (nSPS) is 10.9. The van der Waals surface area contributed by atoms with E-state index in [2.05, 4.69) is 5.10 Å². The molecule has 3 aromatic rings. The van der Waals surface area contributed by atoms with Crippen LogP contribution in [-0.4, -0.2) is 33.5 Å². The molecule has 0 aliphatic rings. The highest BCUT2D eigenvalue weighted by Gasteiger charge is 2.23. The van der Waals surface area contributed by atoms with Gasteiger partial charge in [-0.05, 0) is 41.8 Å². The molecule has 1 heterocycles. The molecule has 0 bridgehead atoms. The minimum absolute atomic E-state index is 0.0713. The zero-order valence-corrected chi connectivity index (χ0v) is 17.3. The van der Waals surface area contributed by atoms with Crippen LogP contribution in [0.2, 0.25) is 5.02 Å². The molecule has 0 unspecified atom stereocenters. The van der Waals surface area contributed by atoms with Gasteiger partial charge in [-0.15, -0.1) is 0 Å². The van der Waals surface area contributed by atoms with Gasteiger partial charge in [-0.3, -0.25) is 9.59 Å². The molecule has 2 aromatic carbocycles. The van der Waals surface area contributed by atoms with Gasteiger partial charge in [-0.1, -0.05) is 43.6 Å². The van der Waals surface area contributed by atoms with E-state index in [0.717, 1.165) is 16.9 Å². The van der Waals surface area contributed by atoms with Gasteiger partial charge in [0.1, 0.15) is 0 Å². The summed E-state index contributed by atoms with van der Waals surface area (Å²) < 4.78 is 1.76. The molecule has 1 aromatic heterocycles. The van der Waals surface area contributed by atoms with Crippen molar-refractivity contribution in [3.8, 4) is 5.69 Å². The van der Waals surface area contributed by atoms with Crippen LogP contribution in [0.4, 0.5) is 0 Å². The summed E-state index contributed by atoms with van der Waals surface area (Å²) in [6.07, 6.45) is 1.59. The summed E-state index contributed by atoms with van der Waals surface area (Å²) in [5.74, 6) is -0.570. The fraction of sp³-hybridized carbons (Fsp3) is 0.227. The number of carbonyl (C=O) groups excluding carboxylic acids is 2. The molecule has 6 nitrogen and oxygen atoms in total. The summed E-state index contributed by atoms with van der Waals surface area (Å²) in [4.78, 5) is 26.2. The van der Waals surface area contributed by atoms with Gasteiger partial charge < -0.3 is 10.6 Å². The zero-order valence-electron chi connectivity index (χ0n) is 16.6. The number of primary amides is 1. The van der Waals surface area contributed by atoms with Gasteiger partial charge in [0.2, 0.25) is 5.91 Å². The number of hydrogen-bond donors (Lipinski definition) is 1. The molecule has 29 heavy (non-hydrogen) atoms. The summed E-state index contributed by atoms with van der Waals surface area (Å²) in [5, 5.41) is 5.05. The van der Waals surface area contributed by atoms with Crippen LogP contribution in [0.3, 0.4) is 0 Å². The van der Waals surface area contributed by atoms with Gasteiger partial charge >= 0.3 is 0 Å². The Labute approximate surface area is 174 Å². The van der Waals surface area contributed by atoms with E-state index in [-0.39, 0.29) is 11.8 Å². The quantitative estimate of drug-likeness (QED) is 0.666. The highest BCUT2D eigenvalue weighted by Crippen LogP contribution is 2.25. The van der Waals surface area contributed by atoms with E-state index in [4.69, 9.17) is 17.3 Å². The molecular weight excluding hydrogens is 388 g/mol. The first-order valence-corrected chi connectivity index (χ1v) is 9.63. The van der Waals surface area contributed by atoms with Crippen molar-refractivity contribution in [2.45, 2.75) is 26.3 Å². The standard InChI is InChI=1S/C22H23ClN4O2/c1-14(2)20-19(12-25-27(20)18-9-5-8-17(23)11-18)22(29)26(3)13-15-6-4-7-16(10-15)21(24)28/h4-12,14H,13H2,1-3H3,(H2,24,28). The first-order valence-electron chi connectivity index (χ1n) is 9.26. The van der Waals surface area contributed by atoms with E-state index in [1.807, 2.05) is 38.1 Å². The number of nitrogens with two attached hydrogens (primary N) is 1. The minimum atomic E-state index is -0.495. The fourth-order valence-electron chi connectivity index (χ4n) is 3.27. The van der Waals surface area contributed by atoms with E-state index < -0.39 is 5.91 Å². The first-order chi connectivity index (χ1) is 13.8. The van der Waals surface area contributed by atoms with Crippen molar-refractivity contribution in [3.63, 3.8) is 0 Å². The maximum absolute atomic E-state index is 13.2. The number of nitrogens with zero attached hydrogens (tertiary/aromatic N) is 3. The lowest BCUT2D eigenvalue weighted by Crippen LogP contribution is -2.27. The number of halogens is 1. The molecular formula is C22H23ClN4O2. The lowest BCUT2D eigenvalue weighted by atomic mass is 10.0. The van der Waals surface area contributed by atoms with Crippen molar-refractivity contribution in [1.82, 2.24) is 14.7 Å². The summed E-state index contributed by atoms with van der Waals surface area (Å²) in [6, 6.07) is 14.3. The van der Waals surface area contributed by atoms with Gasteiger partial charge in [-0.2, -0.15) is 5.10 Å². The van der Waals surface area contributed by atoms with E-state index in [9.17, 15) is 9.59 Å². The van der Waals surface area contributed by atoms with E-state index in [0.29, 0.717) is 22.7 Å². The van der Waals surface area contributed by atoms with Crippen molar-refractivity contribution < 1.29 is 9.59 Å². The molecule has 7 heteroatoms. The summed E-state index contributed by atoms with van der Waals surface area (Å²) >= 11 is 6.12. The third-order valence-electron chi connectivity index (χ3n) is 4.61. The van der Waals surface area contributed by atoms with E-state index in [1.165, 1.54) is 0 Å². The van der Waals surface area contributed by atoms with Crippen molar-refractivity contribution in [2.24, 2.45) is 5.73 Å². The Morgan fingerprint density at radius 1 is 1.17 bits per heavy atom. The SMILES string of the molecule is CC(C)c1c(C(=O)N(C)Cc2cccc(C(N)=O)c2)cnn1-c1cccc(Cl)c1. The summed E-state index contributed by atoms with van der Waals surface area (Å²) in [7, 11) is 1.72. The van der Waals surface area contributed by atoms with Crippen molar-refractivity contribution >= 4 is 23.4 Å². The molecule has 0 atom stereocenters. The molecule has 0 aliphatic heterocycles. The smallest absolute Gasteiger partial charge is 0.257 e. The van der Waals surface area contributed by atoms with Gasteiger partial charge in [0, 0.05) is 24.2 Å². The van der Waals surface area contributed by atoms with Gasteiger partial charge in [0.25, 0.3) is 5.91 Å². The molecule has 0 aliphatic carbocycles. The Balaban J connectivity index is 1.91. The molecule has 150 valence electrons. The van der Waals surface area contributed by atoms with Crippen LogP contribution in [-0.2, 0) is 6.54 Å². The highest BCUT2D eigenvalue weighted by atomic mass is 35.5. The molecule has 0 fully saturated rings. The number of aromatic nitrogens is 2. The number of carbonyl (C=O) groups is 2. The lowest BCUT2D eigenvalue weighted by molar-refractivity contribution is 0.0783. The van der Waals surface area contributed by atoms with Crippen LogP contribution in [0, 0.1) is 0 Å². The molecule has 0 saturated heterocycles. The molecule has 2 amide bonds. The second-order valence-electron chi connectivity index (χ2n) is 7.22. The van der Waals surface area contributed by atoms with Crippen LogP contribution in [0.1, 0.15) is 51.7 Å². The largest absolute Gasteiger partial charge is 0.366 e. The molecule has 0 saturated carbocycles. The maximum atomic E-state index is 13.2. The Kier molecular flexibility index (Phi) is 6.03. The molecule has 0 spiro atoms. The highest BCUT2D eigenvalue weighted by molar-refractivity contribution is 6.30. The summed E-state index contributed by atoms with van der Waals surface area (Å²) in [5.41, 5.74) is 8.74. The molecule has 3 rings (SSSR count). The molecule has 2 N–H and O–H groups in total. The average molecular weight is 411 g/mol. The first kappa shape index (κ1) is 20.6. The predicted molar refractivity (Wildman–Crippen MR) is 113 cm³/mol. The number of benzene rings is 2. The van der Waals surface area contributed by atoms with Gasteiger partial charge in [0.15, 0.2) is 0 Å². The fourth-order valence-corrected chi connectivity index (χ4v) is 3.45.